The van der Waals surface area contributed by atoms with Crippen LogP contribution in [0.2, 0.25) is 0 Å². The molecule has 0 heterocycles. The van der Waals surface area contributed by atoms with Gasteiger partial charge in [0.05, 0.1) is 12.1 Å². The summed E-state index contributed by atoms with van der Waals surface area (Å²) in [4.78, 5) is 0. The van der Waals surface area contributed by atoms with Crippen molar-refractivity contribution in [3.05, 3.63) is 28.8 Å². The van der Waals surface area contributed by atoms with Gasteiger partial charge in [0, 0.05) is 18.5 Å². The van der Waals surface area contributed by atoms with Crippen molar-refractivity contribution >= 4 is 8.58 Å². The van der Waals surface area contributed by atoms with Crippen LogP contribution in [0.15, 0.2) is 12.1 Å². The SMILES string of the molecule is CC(C)(C)c1cc(C(CCC#N)PCCC#N)cc(C(C)(C)C)c1O. The fraction of sp³-hybridized carbons (Fsp3) is 0.619. The summed E-state index contributed by atoms with van der Waals surface area (Å²) in [6, 6.07) is 8.70. The van der Waals surface area contributed by atoms with Gasteiger partial charge in [0.15, 0.2) is 0 Å². The Balaban J connectivity index is 3.44. The minimum Gasteiger partial charge on any atom is -0.507 e. The van der Waals surface area contributed by atoms with Gasteiger partial charge in [-0.25, -0.2) is 0 Å². The fourth-order valence-electron chi connectivity index (χ4n) is 2.90. The van der Waals surface area contributed by atoms with Crippen LogP contribution in [-0.2, 0) is 10.8 Å². The molecule has 1 aromatic carbocycles. The van der Waals surface area contributed by atoms with Crippen molar-refractivity contribution in [2.24, 2.45) is 0 Å². The van der Waals surface area contributed by atoms with Crippen LogP contribution in [0.1, 0.15) is 83.2 Å². The highest BCUT2D eigenvalue weighted by Crippen LogP contribution is 2.45. The van der Waals surface area contributed by atoms with E-state index in [1.54, 1.807) is 0 Å². The topological polar surface area (TPSA) is 67.8 Å². The number of phenolic OH excluding ortho intramolecular Hbond substituents is 1. The Bertz CT molecular complexity index is 634. The Kier molecular flexibility index (Phi) is 7.46. The summed E-state index contributed by atoms with van der Waals surface area (Å²) in [5.41, 5.74) is 3.07. The van der Waals surface area contributed by atoms with Crippen molar-refractivity contribution < 1.29 is 5.11 Å². The number of nitriles is 2. The van der Waals surface area contributed by atoms with Crippen molar-refractivity contribution in [2.45, 2.75) is 77.3 Å². The Morgan fingerprint density at radius 3 is 1.84 bits per heavy atom. The van der Waals surface area contributed by atoms with Gasteiger partial charge >= 0.3 is 0 Å². The summed E-state index contributed by atoms with van der Waals surface area (Å²) >= 11 is 0. The number of aromatic hydroxyl groups is 1. The molecule has 1 aromatic rings. The molecule has 0 fully saturated rings. The zero-order valence-corrected chi connectivity index (χ0v) is 17.4. The van der Waals surface area contributed by atoms with Crippen molar-refractivity contribution in [3.8, 4) is 17.9 Å². The number of benzene rings is 1. The third kappa shape index (κ3) is 6.02. The quantitative estimate of drug-likeness (QED) is 0.506. The summed E-state index contributed by atoms with van der Waals surface area (Å²) in [6.07, 6.45) is 2.74. The first-order valence-electron chi connectivity index (χ1n) is 8.87. The zero-order valence-electron chi connectivity index (χ0n) is 16.4. The Morgan fingerprint density at radius 1 is 0.960 bits per heavy atom. The van der Waals surface area contributed by atoms with Gasteiger partial charge in [0.2, 0.25) is 0 Å². The minimum absolute atomic E-state index is 0.157. The fourth-order valence-corrected chi connectivity index (χ4v) is 4.25. The van der Waals surface area contributed by atoms with Gasteiger partial charge in [-0.15, -0.1) is 8.58 Å². The Morgan fingerprint density at radius 2 is 1.44 bits per heavy atom. The average molecular weight is 358 g/mol. The molecule has 0 aliphatic carbocycles. The number of nitrogens with zero attached hydrogens (tertiary/aromatic N) is 2. The third-order valence-corrected chi connectivity index (χ3v) is 5.98. The predicted octanol–water partition coefficient (Wildman–Crippen LogP) is 5.92. The van der Waals surface area contributed by atoms with Crippen LogP contribution < -0.4 is 0 Å². The molecule has 0 aliphatic heterocycles. The second kappa shape index (κ2) is 8.69. The van der Waals surface area contributed by atoms with E-state index < -0.39 is 0 Å². The number of hydrogen-bond acceptors (Lipinski definition) is 3. The van der Waals surface area contributed by atoms with Gasteiger partial charge < -0.3 is 5.11 Å². The first-order valence-corrected chi connectivity index (χ1v) is 10.2. The molecule has 2 unspecified atom stereocenters. The smallest absolute Gasteiger partial charge is 0.123 e. The summed E-state index contributed by atoms with van der Waals surface area (Å²) in [6.45, 7) is 12.7. The monoisotopic (exact) mass is 358 g/mol. The predicted molar refractivity (Wildman–Crippen MR) is 107 cm³/mol. The van der Waals surface area contributed by atoms with Crippen LogP contribution in [0.5, 0.6) is 5.75 Å². The molecule has 0 radical (unpaired) electrons. The van der Waals surface area contributed by atoms with Gasteiger partial charge in [-0.3, -0.25) is 0 Å². The lowest BCUT2D eigenvalue weighted by Gasteiger charge is -2.30. The lowest BCUT2D eigenvalue weighted by molar-refractivity contribution is 0.422. The lowest BCUT2D eigenvalue weighted by atomic mass is 9.78. The van der Waals surface area contributed by atoms with E-state index in [-0.39, 0.29) is 16.5 Å². The second-order valence-electron chi connectivity index (χ2n) is 8.58. The molecule has 25 heavy (non-hydrogen) atoms. The maximum Gasteiger partial charge on any atom is 0.123 e. The summed E-state index contributed by atoms with van der Waals surface area (Å²) in [7, 11) is 0.619. The van der Waals surface area contributed by atoms with Crippen LogP contribution >= 0.6 is 8.58 Å². The zero-order chi connectivity index (χ0) is 19.3. The van der Waals surface area contributed by atoms with Crippen LogP contribution in [0.3, 0.4) is 0 Å². The van der Waals surface area contributed by atoms with Gasteiger partial charge in [-0.1, -0.05) is 53.7 Å². The molecule has 0 bridgehead atoms. The van der Waals surface area contributed by atoms with Gasteiger partial charge in [-0.05, 0) is 40.1 Å². The standard InChI is InChI=1S/C21H31N2OP/c1-20(2,3)16-13-15(14-17(19(16)24)21(4,5)6)18(9-7-10-22)25-12-8-11-23/h13-14,18,24-25H,7-9,12H2,1-6H3. The van der Waals surface area contributed by atoms with Crippen LogP contribution in [0.4, 0.5) is 0 Å². The normalized spacial score (nSPS) is 13.6. The molecule has 136 valence electrons. The maximum atomic E-state index is 10.9. The maximum absolute atomic E-state index is 10.9. The molecule has 0 aliphatic rings. The molecule has 2 atom stereocenters. The van der Waals surface area contributed by atoms with Gasteiger partial charge in [-0.2, -0.15) is 10.5 Å². The molecular weight excluding hydrogens is 327 g/mol. The van der Waals surface area contributed by atoms with E-state index in [2.05, 4.69) is 65.8 Å². The molecule has 0 saturated heterocycles. The molecule has 0 aromatic heterocycles. The molecule has 0 saturated carbocycles. The number of hydrogen-bond donors (Lipinski definition) is 1. The van der Waals surface area contributed by atoms with Crippen molar-refractivity contribution in [3.63, 3.8) is 0 Å². The first-order chi connectivity index (χ1) is 11.5. The first kappa shape index (κ1) is 21.5. The molecule has 3 nitrogen and oxygen atoms in total. The molecule has 1 rings (SSSR count). The molecule has 1 N–H and O–H groups in total. The highest BCUT2D eigenvalue weighted by molar-refractivity contribution is 7.38. The minimum atomic E-state index is -0.157. The average Bonchev–Trinajstić information content (AvgIpc) is 2.49. The summed E-state index contributed by atoms with van der Waals surface area (Å²) in [5.74, 6) is 0.392. The number of rotatable bonds is 6. The highest BCUT2D eigenvalue weighted by atomic mass is 31.1. The number of phenols is 1. The van der Waals surface area contributed by atoms with Crippen molar-refractivity contribution in [2.75, 3.05) is 6.16 Å². The van der Waals surface area contributed by atoms with Crippen molar-refractivity contribution in [1.82, 2.24) is 0 Å². The molecular formula is C21H31N2OP. The Hall–Kier alpha value is -1.57. The third-order valence-electron chi connectivity index (χ3n) is 4.32. The Labute approximate surface area is 154 Å². The van der Waals surface area contributed by atoms with Crippen molar-refractivity contribution in [1.29, 1.82) is 10.5 Å². The highest BCUT2D eigenvalue weighted by Gasteiger charge is 2.28. The van der Waals surface area contributed by atoms with E-state index in [1.807, 2.05) is 0 Å². The summed E-state index contributed by atoms with van der Waals surface area (Å²) in [5, 5.41) is 28.7. The second-order valence-corrected chi connectivity index (χ2v) is 10.2. The lowest BCUT2D eigenvalue weighted by Crippen LogP contribution is -2.18. The summed E-state index contributed by atoms with van der Waals surface area (Å²) < 4.78 is 0. The largest absolute Gasteiger partial charge is 0.507 e. The van der Waals surface area contributed by atoms with E-state index >= 15 is 0 Å². The van der Waals surface area contributed by atoms with E-state index in [0.717, 1.165) is 23.7 Å². The van der Waals surface area contributed by atoms with Gasteiger partial charge in [0.25, 0.3) is 0 Å². The van der Waals surface area contributed by atoms with Gasteiger partial charge in [0.1, 0.15) is 5.75 Å². The van der Waals surface area contributed by atoms with E-state index in [4.69, 9.17) is 10.5 Å². The van der Waals surface area contributed by atoms with E-state index in [0.29, 0.717) is 27.2 Å². The van der Waals surface area contributed by atoms with Crippen LogP contribution in [0.25, 0.3) is 0 Å². The molecule has 0 spiro atoms. The molecule has 0 amide bonds. The van der Waals surface area contributed by atoms with Crippen LogP contribution in [-0.4, -0.2) is 11.3 Å². The van der Waals surface area contributed by atoms with E-state index in [1.165, 1.54) is 5.56 Å². The van der Waals surface area contributed by atoms with Crippen LogP contribution in [0, 0.1) is 22.7 Å². The van der Waals surface area contributed by atoms with E-state index in [9.17, 15) is 5.11 Å². The molecule has 4 heteroatoms.